The van der Waals surface area contributed by atoms with Crippen LogP contribution in [0.4, 0.5) is 0 Å². The van der Waals surface area contributed by atoms with Gasteiger partial charge >= 0.3 is 5.97 Å². The van der Waals surface area contributed by atoms with Crippen LogP contribution in [0.3, 0.4) is 0 Å². The van der Waals surface area contributed by atoms with Crippen molar-refractivity contribution in [3.05, 3.63) is 47.5 Å². The summed E-state index contributed by atoms with van der Waals surface area (Å²) in [5, 5.41) is 2.73. The molecule has 1 aliphatic carbocycles. The third-order valence-electron chi connectivity index (χ3n) is 5.88. The Morgan fingerprint density at radius 3 is 2.26 bits per heavy atom. The summed E-state index contributed by atoms with van der Waals surface area (Å²) in [4.78, 5) is 49.8. The maximum atomic E-state index is 12.4. The standard InChI is InChI=1S/C24H30N2O5/c1-16(2)18-9-7-17(8-10-18)11-13-25-21(27)15-31-22(28)12-14-26-23(29)19-5-3-4-6-20(19)24(26)30/h3-4,7-10,16,19-20H,5-6,11-15H2,1-2H3,(H,25,27)/t19-,20+. The number of allylic oxidation sites excluding steroid dienone is 2. The second-order valence-corrected chi connectivity index (χ2v) is 8.39. The normalized spacial score (nSPS) is 20.2. The maximum Gasteiger partial charge on any atom is 0.308 e. The van der Waals surface area contributed by atoms with Gasteiger partial charge in [0.15, 0.2) is 6.61 Å². The Morgan fingerprint density at radius 2 is 1.68 bits per heavy atom. The molecule has 0 bridgehead atoms. The fourth-order valence-electron chi connectivity index (χ4n) is 3.98. The van der Waals surface area contributed by atoms with Crippen LogP contribution in [0.25, 0.3) is 0 Å². The summed E-state index contributed by atoms with van der Waals surface area (Å²) in [6.07, 6.45) is 5.55. The summed E-state index contributed by atoms with van der Waals surface area (Å²) in [5.41, 5.74) is 2.39. The number of carbonyl (C=O) groups excluding carboxylic acids is 4. The van der Waals surface area contributed by atoms with Crippen LogP contribution in [0.5, 0.6) is 0 Å². The van der Waals surface area contributed by atoms with Gasteiger partial charge in [-0.15, -0.1) is 0 Å². The molecule has 1 N–H and O–H groups in total. The molecule has 2 aliphatic rings. The number of esters is 1. The molecule has 7 nitrogen and oxygen atoms in total. The van der Waals surface area contributed by atoms with E-state index in [1.165, 1.54) is 5.56 Å². The van der Waals surface area contributed by atoms with Gasteiger partial charge in [-0.3, -0.25) is 24.1 Å². The molecule has 1 fully saturated rings. The van der Waals surface area contributed by atoms with E-state index >= 15 is 0 Å². The number of nitrogens with zero attached hydrogens (tertiary/aromatic N) is 1. The molecule has 1 aromatic rings. The van der Waals surface area contributed by atoms with E-state index < -0.39 is 5.97 Å². The van der Waals surface area contributed by atoms with Crippen LogP contribution in [0, 0.1) is 11.8 Å². The van der Waals surface area contributed by atoms with E-state index in [0.717, 1.165) is 10.5 Å². The Kier molecular flexibility index (Phi) is 7.60. The lowest BCUT2D eigenvalue weighted by atomic mass is 9.85. The second kappa shape index (κ2) is 10.4. The molecule has 3 amide bonds. The van der Waals surface area contributed by atoms with Gasteiger partial charge in [0.2, 0.25) is 11.8 Å². The highest BCUT2D eigenvalue weighted by Gasteiger charge is 2.46. The molecule has 0 aromatic heterocycles. The molecule has 3 rings (SSSR count). The van der Waals surface area contributed by atoms with Crippen LogP contribution >= 0.6 is 0 Å². The van der Waals surface area contributed by atoms with Crippen LogP contribution in [-0.2, 0) is 30.3 Å². The summed E-state index contributed by atoms with van der Waals surface area (Å²) in [6.45, 7) is 4.35. The van der Waals surface area contributed by atoms with Gasteiger partial charge in [-0.25, -0.2) is 0 Å². The Morgan fingerprint density at radius 1 is 1.06 bits per heavy atom. The second-order valence-electron chi connectivity index (χ2n) is 8.39. The number of hydrogen-bond donors (Lipinski definition) is 1. The lowest BCUT2D eigenvalue weighted by molar-refractivity contribution is -0.149. The van der Waals surface area contributed by atoms with Crippen molar-refractivity contribution >= 4 is 23.7 Å². The van der Waals surface area contributed by atoms with E-state index in [1.807, 2.05) is 12.2 Å². The Hall–Kier alpha value is -2.96. The molecule has 1 aliphatic heterocycles. The molecule has 0 unspecified atom stereocenters. The van der Waals surface area contributed by atoms with Gasteiger partial charge in [0, 0.05) is 13.1 Å². The van der Waals surface area contributed by atoms with Crippen LogP contribution in [0.15, 0.2) is 36.4 Å². The van der Waals surface area contributed by atoms with E-state index in [2.05, 4.69) is 43.4 Å². The third kappa shape index (κ3) is 5.81. The van der Waals surface area contributed by atoms with Crippen molar-refractivity contribution in [1.82, 2.24) is 10.2 Å². The van der Waals surface area contributed by atoms with Gasteiger partial charge in [-0.1, -0.05) is 50.3 Å². The minimum atomic E-state index is -0.604. The number of benzene rings is 1. The number of fused-ring (bicyclic) bond motifs is 1. The molecule has 0 spiro atoms. The van der Waals surface area contributed by atoms with Gasteiger partial charge in [0.25, 0.3) is 5.91 Å². The number of likely N-dealkylation sites (tertiary alicyclic amines) is 1. The van der Waals surface area contributed by atoms with Crippen molar-refractivity contribution in [2.24, 2.45) is 11.8 Å². The molecule has 2 atom stereocenters. The lowest BCUT2D eigenvalue weighted by Gasteiger charge is -2.14. The summed E-state index contributed by atoms with van der Waals surface area (Å²) in [6, 6.07) is 8.28. The molecule has 31 heavy (non-hydrogen) atoms. The molecule has 166 valence electrons. The topological polar surface area (TPSA) is 92.8 Å². The fourth-order valence-corrected chi connectivity index (χ4v) is 3.98. The Balaban J connectivity index is 1.33. The predicted octanol–water partition coefficient (Wildman–Crippen LogP) is 2.35. The molecule has 1 aromatic carbocycles. The van der Waals surface area contributed by atoms with Gasteiger partial charge in [0.1, 0.15) is 0 Å². The van der Waals surface area contributed by atoms with E-state index in [1.54, 1.807) is 0 Å². The average molecular weight is 427 g/mol. The zero-order valence-corrected chi connectivity index (χ0v) is 18.1. The first-order valence-electron chi connectivity index (χ1n) is 10.9. The van der Waals surface area contributed by atoms with Gasteiger partial charge < -0.3 is 10.1 Å². The predicted molar refractivity (Wildman–Crippen MR) is 115 cm³/mol. The minimum absolute atomic E-state index is 0.00249. The number of imide groups is 1. The van der Waals surface area contributed by atoms with E-state index in [0.29, 0.717) is 31.7 Å². The third-order valence-corrected chi connectivity index (χ3v) is 5.88. The van der Waals surface area contributed by atoms with Crippen molar-refractivity contribution in [3.63, 3.8) is 0 Å². The molecular weight excluding hydrogens is 396 g/mol. The first-order valence-corrected chi connectivity index (χ1v) is 10.9. The first-order chi connectivity index (χ1) is 14.9. The summed E-state index contributed by atoms with van der Waals surface area (Å²) in [7, 11) is 0. The fraction of sp³-hybridized carbons (Fsp3) is 0.500. The number of amides is 3. The highest BCUT2D eigenvalue weighted by Crippen LogP contribution is 2.35. The minimum Gasteiger partial charge on any atom is -0.456 e. The van der Waals surface area contributed by atoms with Crippen molar-refractivity contribution in [3.8, 4) is 0 Å². The van der Waals surface area contributed by atoms with Crippen molar-refractivity contribution < 1.29 is 23.9 Å². The zero-order chi connectivity index (χ0) is 22.4. The van der Waals surface area contributed by atoms with Crippen LogP contribution < -0.4 is 5.32 Å². The number of rotatable bonds is 9. The molecule has 0 saturated carbocycles. The monoisotopic (exact) mass is 426 g/mol. The smallest absolute Gasteiger partial charge is 0.308 e. The van der Waals surface area contributed by atoms with Gasteiger partial charge in [0.05, 0.1) is 18.3 Å². The molecule has 1 heterocycles. The summed E-state index contributed by atoms with van der Waals surface area (Å²) >= 11 is 0. The summed E-state index contributed by atoms with van der Waals surface area (Å²) < 4.78 is 4.99. The Labute approximate surface area is 182 Å². The van der Waals surface area contributed by atoms with E-state index in [-0.39, 0.29) is 49.1 Å². The molecule has 0 radical (unpaired) electrons. The Bertz CT molecular complexity index is 833. The highest BCUT2D eigenvalue weighted by atomic mass is 16.5. The summed E-state index contributed by atoms with van der Waals surface area (Å²) in [5.74, 6) is -1.55. The van der Waals surface area contributed by atoms with Crippen LogP contribution in [0.1, 0.15) is 50.2 Å². The number of hydrogen-bond acceptors (Lipinski definition) is 5. The molecular formula is C24H30N2O5. The number of ether oxygens (including phenoxy) is 1. The first kappa shape index (κ1) is 22.7. The van der Waals surface area contributed by atoms with E-state index in [9.17, 15) is 19.2 Å². The lowest BCUT2D eigenvalue weighted by Crippen LogP contribution is -2.34. The van der Waals surface area contributed by atoms with E-state index in [4.69, 9.17) is 4.74 Å². The number of carbonyl (C=O) groups is 4. The highest BCUT2D eigenvalue weighted by molar-refractivity contribution is 6.05. The van der Waals surface area contributed by atoms with Gasteiger partial charge in [-0.05, 0) is 36.3 Å². The molecule has 7 heteroatoms. The quantitative estimate of drug-likeness (QED) is 0.372. The SMILES string of the molecule is CC(C)c1ccc(CCNC(=O)COC(=O)CCN2C(=O)[C@H]3CC=CC[C@H]3C2=O)cc1. The van der Waals surface area contributed by atoms with Crippen LogP contribution in [0.2, 0.25) is 0 Å². The largest absolute Gasteiger partial charge is 0.456 e. The van der Waals surface area contributed by atoms with Crippen molar-refractivity contribution in [2.75, 3.05) is 19.7 Å². The molecule has 1 saturated heterocycles. The van der Waals surface area contributed by atoms with Crippen molar-refractivity contribution in [2.45, 2.75) is 45.4 Å². The average Bonchev–Trinajstić information content (AvgIpc) is 3.01. The van der Waals surface area contributed by atoms with Crippen molar-refractivity contribution in [1.29, 1.82) is 0 Å². The van der Waals surface area contributed by atoms with Crippen LogP contribution in [-0.4, -0.2) is 48.3 Å². The maximum absolute atomic E-state index is 12.4. The van der Waals surface area contributed by atoms with Gasteiger partial charge in [-0.2, -0.15) is 0 Å². The number of nitrogens with one attached hydrogen (secondary N) is 1. The zero-order valence-electron chi connectivity index (χ0n) is 18.1.